The summed E-state index contributed by atoms with van der Waals surface area (Å²) in [6.07, 6.45) is 1.20. The second-order valence-electron chi connectivity index (χ2n) is 2.86. The second kappa shape index (κ2) is 6.14. The minimum atomic E-state index is -1.05. The predicted molar refractivity (Wildman–Crippen MR) is 60.9 cm³/mol. The van der Waals surface area contributed by atoms with Gasteiger partial charge in [0.1, 0.15) is 0 Å². The highest BCUT2D eigenvalue weighted by Crippen LogP contribution is 2.04. The van der Waals surface area contributed by atoms with Crippen molar-refractivity contribution in [2.45, 2.75) is 4.90 Å². The first-order chi connectivity index (χ1) is 7.24. The van der Waals surface area contributed by atoms with Crippen LogP contribution in [0.1, 0.15) is 0 Å². The number of hydrogen-bond donors (Lipinski definition) is 1. The monoisotopic (exact) mass is 223 g/mol. The van der Waals surface area contributed by atoms with Crippen molar-refractivity contribution in [3.8, 4) is 0 Å². The van der Waals surface area contributed by atoms with E-state index in [0.717, 1.165) is 4.90 Å². The van der Waals surface area contributed by atoms with E-state index in [9.17, 15) is 9.00 Å². The van der Waals surface area contributed by atoms with E-state index in [0.29, 0.717) is 12.3 Å². The van der Waals surface area contributed by atoms with Gasteiger partial charge in [-0.25, -0.2) is 0 Å². The van der Waals surface area contributed by atoms with E-state index in [-0.39, 0.29) is 5.91 Å². The molecule has 0 aromatic heterocycles. The maximum absolute atomic E-state index is 11.6. The molecule has 0 saturated heterocycles. The Kier molecular flexibility index (Phi) is 4.77. The van der Waals surface area contributed by atoms with Crippen molar-refractivity contribution in [2.75, 3.05) is 12.3 Å². The van der Waals surface area contributed by atoms with Gasteiger partial charge in [-0.15, -0.1) is 0 Å². The summed E-state index contributed by atoms with van der Waals surface area (Å²) < 4.78 is 11.6. The zero-order valence-corrected chi connectivity index (χ0v) is 9.13. The van der Waals surface area contributed by atoms with Crippen LogP contribution in [0.5, 0.6) is 0 Å². The zero-order valence-electron chi connectivity index (χ0n) is 8.31. The lowest BCUT2D eigenvalue weighted by Gasteiger charge is -2.02. The van der Waals surface area contributed by atoms with E-state index in [1.807, 2.05) is 30.3 Å². The van der Waals surface area contributed by atoms with Gasteiger partial charge in [-0.05, 0) is 18.2 Å². The summed E-state index contributed by atoms with van der Waals surface area (Å²) in [6.45, 7) is 3.72. The Morgan fingerprint density at radius 3 is 2.67 bits per heavy atom. The van der Waals surface area contributed by atoms with Gasteiger partial charge in [0.2, 0.25) is 5.91 Å². The van der Waals surface area contributed by atoms with Crippen LogP contribution < -0.4 is 5.32 Å². The largest absolute Gasteiger partial charge is 0.352 e. The highest BCUT2D eigenvalue weighted by atomic mass is 32.2. The molecule has 1 aromatic rings. The van der Waals surface area contributed by atoms with E-state index in [1.165, 1.54) is 6.08 Å². The van der Waals surface area contributed by atoms with Gasteiger partial charge in [0.15, 0.2) is 0 Å². The Balaban J connectivity index is 2.37. The molecule has 3 nitrogen and oxygen atoms in total. The summed E-state index contributed by atoms with van der Waals surface area (Å²) in [6, 6.07) is 9.18. The van der Waals surface area contributed by atoms with Crippen LogP contribution >= 0.6 is 0 Å². The number of carbonyl (C=O) groups excluding carboxylic acids is 1. The van der Waals surface area contributed by atoms with E-state index in [1.54, 1.807) is 0 Å². The van der Waals surface area contributed by atoms with E-state index >= 15 is 0 Å². The van der Waals surface area contributed by atoms with Crippen LogP contribution in [-0.4, -0.2) is 22.4 Å². The Hall–Kier alpha value is -1.42. The van der Waals surface area contributed by atoms with Crippen molar-refractivity contribution < 1.29 is 9.00 Å². The molecule has 1 N–H and O–H groups in total. The summed E-state index contributed by atoms with van der Waals surface area (Å²) in [5.41, 5.74) is 0. The number of amides is 1. The molecule has 0 radical (unpaired) electrons. The van der Waals surface area contributed by atoms with Gasteiger partial charge in [-0.3, -0.25) is 9.00 Å². The van der Waals surface area contributed by atoms with Crippen molar-refractivity contribution in [2.24, 2.45) is 0 Å². The Morgan fingerprint density at radius 1 is 1.40 bits per heavy atom. The fourth-order valence-corrected chi connectivity index (χ4v) is 2.01. The van der Waals surface area contributed by atoms with Gasteiger partial charge >= 0.3 is 0 Å². The normalized spacial score (nSPS) is 11.7. The summed E-state index contributed by atoms with van der Waals surface area (Å²) in [4.78, 5) is 11.6. The molecule has 0 fully saturated rings. The molecule has 1 rings (SSSR count). The lowest BCUT2D eigenvalue weighted by molar-refractivity contribution is -0.116. The maximum Gasteiger partial charge on any atom is 0.243 e. The summed E-state index contributed by atoms with van der Waals surface area (Å²) >= 11 is 0. The molecule has 1 amide bonds. The Labute approximate surface area is 91.7 Å². The van der Waals surface area contributed by atoms with E-state index < -0.39 is 10.8 Å². The molecule has 1 atom stereocenters. The molecule has 0 bridgehead atoms. The van der Waals surface area contributed by atoms with Crippen LogP contribution in [0.2, 0.25) is 0 Å². The third kappa shape index (κ3) is 4.08. The first-order valence-corrected chi connectivity index (χ1v) is 5.89. The standard InChI is InChI=1S/C11H13NO2S/c1-2-11(13)12-8-9-15(14)10-6-4-3-5-7-10/h2-7H,1,8-9H2,(H,12,13). The third-order valence-electron chi connectivity index (χ3n) is 1.78. The predicted octanol–water partition coefficient (Wildman–Crippen LogP) is 1.10. The molecular formula is C11H13NO2S. The fourth-order valence-electron chi connectivity index (χ4n) is 1.03. The molecule has 0 saturated carbocycles. The van der Waals surface area contributed by atoms with Crippen molar-refractivity contribution in [1.29, 1.82) is 0 Å². The molecule has 1 unspecified atom stereocenters. The molecular weight excluding hydrogens is 210 g/mol. The highest BCUT2D eigenvalue weighted by molar-refractivity contribution is 7.85. The van der Waals surface area contributed by atoms with Crippen LogP contribution in [0.25, 0.3) is 0 Å². The van der Waals surface area contributed by atoms with Crippen LogP contribution in [0.15, 0.2) is 47.9 Å². The molecule has 1 aromatic carbocycles. The van der Waals surface area contributed by atoms with Gasteiger partial charge in [0, 0.05) is 17.2 Å². The SMILES string of the molecule is C=CC(=O)NCCS(=O)c1ccccc1. The lowest BCUT2D eigenvalue weighted by Crippen LogP contribution is -2.25. The third-order valence-corrected chi connectivity index (χ3v) is 3.15. The number of carbonyl (C=O) groups is 1. The summed E-state index contributed by atoms with van der Waals surface area (Å²) in [5, 5.41) is 2.58. The van der Waals surface area contributed by atoms with E-state index in [4.69, 9.17) is 0 Å². The van der Waals surface area contributed by atoms with Crippen LogP contribution in [-0.2, 0) is 15.6 Å². The lowest BCUT2D eigenvalue weighted by atomic mass is 10.4. The zero-order chi connectivity index (χ0) is 11.1. The van der Waals surface area contributed by atoms with Crippen molar-refractivity contribution >= 4 is 16.7 Å². The van der Waals surface area contributed by atoms with Gasteiger partial charge in [-0.2, -0.15) is 0 Å². The Bertz CT molecular complexity index is 362. The smallest absolute Gasteiger partial charge is 0.243 e. The number of benzene rings is 1. The van der Waals surface area contributed by atoms with Gasteiger partial charge in [0.05, 0.1) is 10.8 Å². The quantitative estimate of drug-likeness (QED) is 0.760. The summed E-state index contributed by atoms with van der Waals surface area (Å²) in [7, 11) is -1.05. The molecule has 0 aliphatic carbocycles. The fraction of sp³-hybridized carbons (Fsp3) is 0.182. The molecule has 15 heavy (non-hydrogen) atoms. The second-order valence-corrected chi connectivity index (χ2v) is 4.43. The van der Waals surface area contributed by atoms with Crippen LogP contribution in [0, 0.1) is 0 Å². The first kappa shape index (κ1) is 11.7. The van der Waals surface area contributed by atoms with Gasteiger partial charge in [0.25, 0.3) is 0 Å². The van der Waals surface area contributed by atoms with Crippen LogP contribution in [0.3, 0.4) is 0 Å². The molecule has 0 spiro atoms. The topological polar surface area (TPSA) is 46.2 Å². The Morgan fingerprint density at radius 2 is 2.07 bits per heavy atom. The highest BCUT2D eigenvalue weighted by Gasteiger charge is 2.02. The van der Waals surface area contributed by atoms with Gasteiger partial charge < -0.3 is 5.32 Å². The van der Waals surface area contributed by atoms with E-state index in [2.05, 4.69) is 11.9 Å². The first-order valence-electron chi connectivity index (χ1n) is 4.57. The number of hydrogen-bond acceptors (Lipinski definition) is 2. The molecule has 80 valence electrons. The van der Waals surface area contributed by atoms with Crippen molar-refractivity contribution in [3.05, 3.63) is 43.0 Å². The minimum absolute atomic E-state index is 0.236. The van der Waals surface area contributed by atoms with Crippen molar-refractivity contribution in [3.63, 3.8) is 0 Å². The van der Waals surface area contributed by atoms with Crippen molar-refractivity contribution in [1.82, 2.24) is 5.32 Å². The molecule has 0 aliphatic heterocycles. The molecule has 0 heterocycles. The van der Waals surface area contributed by atoms with Crippen LogP contribution in [0.4, 0.5) is 0 Å². The average Bonchev–Trinajstić information content (AvgIpc) is 2.29. The minimum Gasteiger partial charge on any atom is -0.352 e. The molecule has 0 aliphatic rings. The average molecular weight is 223 g/mol. The number of rotatable bonds is 5. The number of nitrogens with one attached hydrogen (secondary N) is 1. The maximum atomic E-state index is 11.6. The summed E-state index contributed by atoms with van der Waals surface area (Å²) in [5.74, 6) is 0.184. The molecule has 4 heteroatoms. The van der Waals surface area contributed by atoms with Gasteiger partial charge in [-0.1, -0.05) is 24.8 Å².